The maximum atomic E-state index is 12.6. The van der Waals surface area contributed by atoms with Crippen LogP contribution in [-0.4, -0.2) is 199 Å². The molecule has 9 aliphatic rings. The molecule has 4 saturated carbocycles. The van der Waals surface area contributed by atoms with Gasteiger partial charge in [0, 0.05) is 24.2 Å². The van der Waals surface area contributed by atoms with Crippen LogP contribution >= 0.6 is 0 Å². The molecule has 0 aromatic carbocycles. The van der Waals surface area contributed by atoms with Gasteiger partial charge in [0.2, 0.25) is 0 Å². The van der Waals surface area contributed by atoms with Crippen LogP contribution in [0.25, 0.3) is 0 Å². The number of aliphatic carboxylic acids is 1. The molecule has 416 valence electrons. The van der Waals surface area contributed by atoms with Crippen molar-refractivity contribution in [1.29, 1.82) is 0 Å². The Bertz CT molecular complexity index is 2060. The van der Waals surface area contributed by atoms with Crippen molar-refractivity contribution in [2.24, 2.45) is 45.3 Å². The number of aliphatic hydroxyl groups excluding tert-OH is 7. The second-order valence-corrected chi connectivity index (χ2v) is 25.2. The third-order valence-electron chi connectivity index (χ3n) is 19.7. The summed E-state index contributed by atoms with van der Waals surface area (Å²) in [7, 11) is 0. The molecule has 9 rings (SSSR count). The molecule has 0 amide bonds. The van der Waals surface area contributed by atoms with Crippen LogP contribution in [0.4, 0.5) is 0 Å². The largest absolute Gasteiger partial charge is 0.481 e. The van der Waals surface area contributed by atoms with E-state index in [0.29, 0.717) is 25.4 Å². The van der Waals surface area contributed by atoms with Gasteiger partial charge < -0.3 is 93.7 Å². The van der Waals surface area contributed by atoms with Crippen molar-refractivity contribution in [3.05, 3.63) is 11.6 Å². The van der Waals surface area contributed by atoms with Crippen molar-refractivity contribution in [2.45, 2.75) is 229 Å². The monoisotopic (exact) mass is 1040 g/mol. The lowest BCUT2D eigenvalue weighted by Crippen LogP contribution is -2.67. The van der Waals surface area contributed by atoms with Gasteiger partial charge in [0.05, 0.1) is 56.1 Å². The summed E-state index contributed by atoms with van der Waals surface area (Å²) in [5, 5.41) is 108. The van der Waals surface area contributed by atoms with Gasteiger partial charge >= 0.3 is 11.9 Å². The number of ether oxygens (including phenoxy) is 9. The molecule has 7 unspecified atom stereocenters. The number of fused-ring (bicyclic) bond motifs is 4. The Morgan fingerprint density at radius 1 is 0.781 bits per heavy atom. The van der Waals surface area contributed by atoms with Gasteiger partial charge in [-0.2, -0.15) is 0 Å². The van der Waals surface area contributed by atoms with Crippen LogP contribution < -0.4 is 0 Å². The Labute approximate surface area is 426 Å². The second kappa shape index (κ2) is 19.7. The standard InChI is InChI=1S/C52H82O21/c1-24(2)15-25-16-50(8,64)42-26-9-10-31-48(6)13-12-32(46(3,4)30(48)11-14-49(31,7)51(26)22-52(42,73-25)67-23-51)70-45-41(72-43-38(61)35(58)28(19-53)68-43)40(27(54)20-66-45)71-44-39(62)37(60)36(59)29(69-44)21-65-34(57)18-47(5,63)17-33(55)56/h15,25-32,35-45,53-54,58-64H,9-14,16-23H2,1-8H3,(H,55,56)/t25?,26?,27-,28-,29+,30?,31?,32-,35-,36+,37-,38+,39+,40-,41+,42?,43-,44?,45-,47?,48-,49+,50-,51-,52-/m0/s1. The number of carbonyl (C=O) groups is 2. The van der Waals surface area contributed by atoms with Gasteiger partial charge in [-0.25, -0.2) is 0 Å². The first-order valence-corrected chi connectivity index (χ1v) is 26.4. The quantitative estimate of drug-likeness (QED) is 0.0653. The summed E-state index contributed by atoms with van der Waals surface area (Å²) in [4.78, 5) is 23.8. The zero-order valence-corrected chi connectivity index (χ0v) is 43.4. The highest BCUT2D eigenvalue weighted by Crippen LogP contribution is 2.80. The maximum absolute atomic E-state index is 12.6. The molecule has 2 spiro atoms. The molecule has 0 radical (unpaired) electrons. The fourth-order valence-electron chi connectivity index (χ4n) is 16.5. The third kappa shape index (κ3) is 9.46. The molecular weight excluding hydrogens is 961 g/mol. The molecule has 21 nitrogen and oxygen atoms in total. The highest BCUT2D eigenvalue weighted by Gasteiger charge is 2.81. The first kappa shape index (κ1) is 55.7. The van der Waals surface area contributed by atoms with Crippen molar-refractivity contribution in [3.8, 4) is 0 Å². The van der Waals surface area contributed by atoms with Crippen LogP contribution in [0.2, 0.25) is 0 Å². The normalized spacial score (nSPS) is 51.7. The molecule has 73 heavy (non-hydrogen) atoms. The minimum Gasteiger partial charge on any atom is -0.481 e. The minimum absolute atomic E-state index is 0.110. The summed E-state index contributed by atoms with van der Waals surface area (Å²) >= 11 is 0. The number of esters is 1. The van der Waals surface area contributed by atoms with E-state index in [1.807, 2.05) is 20.8 Å². The van der Waals surface area contributed by atoms with Crippen LogP contribution in [0.3, 0.4) is 0 Å². The van der Waals surface area contributed by atoms with Crippen molar-refractivity contribution < 1.29 is 103 Å². The molecule has 5 saturated heterocycles. The zero-order valence-electron chi connectivity index (χ0n) is 43.4. The lowest BCUT2D eigenvalue weighted by molar-refractivity contribution is -0.375. The molecule has 10 N–H and O–H groups in total. The number of allylic oxidation sites excluding steroid dienone is 1. The van der Waals surface area contributed by atoms with Crippen LogP contribution in [0, 0.1) is 45.3 Å². The van der Waals surface area contributed by atoms with Crippen LogP contribution in [0.5, 0.6) is 0 Å². The SMILES string of the molecule is CC(C)=CC1C[C@](C)(O)C2C3CCC4[C@@]5(C)CC[C@H](O[C@@H]6OC[C@H](O)[C@H](OC7O[C@H](COC(=O)CC(C)(O)CC(=O)O)[C@@H](O)[C@H](O)[C@H]7O)[C@H]6O[C@@H]6O[C@@H](CO)[C@H](O)[C@H]6O)C(C)(C)C5CC[C@@]4(C)[C@@]34CO[C@@]2(C4)O1. The summed E-state index contributed by atoms with van der Waals surface area (Å²) < 4.78 is 56.3. The van der Waals surface area contributed by atoms with E-state index >= 15 is 0 Å². The zero-order chi connectivity index (χ0) is 53.2. The third-order valence-corrected chi connectivity index (χ3v) is 19.7. The Morgan fingerprint density at radius 3 is 2.10 bits per heavy atom. The molecule has 25 atom stereocenters. The van der Waals surface area contributed by atoms with Crippen molar-refractivity contribution in [2.75, 3.05) is 26.4 Å². The van der Waals surface area contributed by atoms with E-state index in [0.717, 1.165) is 51.0 Å². The van der Waals surface area contributed by atoms with Gasteiger partial charge in [0.25, 0.3) is 0 Å². The van der Waals surface area contributed by atoms with Crippen molar-refractivity contribution >= 4 is 11.9 Å². The molecule has 21 heteroatoms. The molecule has 5 aliphatic heterocycles. The maximum Gasteiger partial charge on any atom is 0.308 e. The number of rotatable bonds is 14. The number of hydrogen-bond acceptors (Lipinski definition) is 20. The van der Waals surface area contributed by atoms with E-state index in [9.17, 15) is 55.5 Å². The molecule has 4 aliphatic carbocycles. The lowest BCUT2D eigenvalue weighted by atomic mass is 9.35. The van der Waals surface area contributed by atoms with Crippen LogP contribution in [0.15, 0.2) is 11.6 Å². The topological polar surface area (TPSA) is 320 Å². The lowest BCUT2D eigenvalue weighted by Gasteiger charge is -2.70. The Hall–Kier alpha value is -2.00. The van der Waals surface area contributed by atoms with Crippen LogP contribution in [-0.2, 0) is 52.2 Å². The van der Waals surface area contributed by atoms with E-state index < -0.39 is 146 Å². The van der Waals surface area contributed by atoms with E-state index in [1.54, 1.807) is 0 Å². The Kier molecular flexibility index (Phi) is 15.1. The van der Waals surface area contributed by atoms with Crippen molar-refractivity contribution in [1.82, 2.24) is 0 Å². The summed E-state index contributed by atoms with van der Waals surface area (Å²) in [6, 6.07) is 0. The fraction of sp³-hybridized carbons (Fsp3) is 0.923. The van der Waals surface area contributed by atoms with Gasteiger partial charge in [0.1, 0.15) is 67.6 Å². The Balaban J connectivity index is 0.939. The number of carboxylic acid groups (broad SMARTS) is 1. The molecular formula is C52H82O21. The number of carboxylic acids is 1. The second-order valence-electron chi connectivity index (χ2n) is 25.2. The smallest absolute Gasteiger partial charge is 0.308 e. The number of hydrogen-bond donors (Lipinski definition) is 10. The van der Waals surface area contributed by atoms with Gasteiger partial charge in [-0.1, -0.05) is 39.3 Å². The summed E-state index contributed by atoms with van der Waals surface area (Å²) in [6.45, 7) is 15.3. The van der Waals surface area contributed by atoms with E-state index in [-0.39, 0.29) is 46.7 Å². The first-order valence-electron chi connectivity index (χ1n) is 26.4. The van der Waals surface area contributed by atoms with Crippen molar-refractivity contribution in [3.63, 3.8) is 0 Å². The average Bonchev–Trinajstić information content (AvgIpc) is 3.90. The predicted octanol–water partition coefficient (Wildman–Crippen LogP) is 0.773. The van der Waals surface area contributed by atoms with E-state index in [1.165, 1.54) is 0 Å². The summed E-state index contributed by atoms with van der Waals surface area (Å²) in [5.41, 5.74) is -2.69. The van der Waals surface area contributed by atoms with E-state index in [2.05, 4.69) is 33.8 Å². The molecule has 2 bridgehead atoms. The van der Waals surface area contributed by atoms with Gasteiger partial charge in [-0.3, -0.25) is 9.59 Å². The average molecular weight is 1040 g/mol. The highest BCUT2D eigenvalue weighted by atomic mass is 16.8. The summed E-state index contributed by atoms with van der Waals surface area (Å²) in [6.07, 6.45) is -14.7. The highest BCUT2D eigenvalue weighted by molar-refractivity contribution is 5.73. The minimum atomic E-state index is -1.96. The number of aliphatic hydroxyl groups is 9. The fourth-order valence-corrected chi connectivity index (χ4v) is 16.5. The Morgan fingerprint density at radius 2 is 1.44 bits per heavy atom. The predicted molar refractivity (Wildman–Crippen MR) is 250 cm³/mol. The summed E-state index contributed by atoms with van der Waals surface area (Å²) in [5.74, 6) is -2.64. The van der Waals surface area contributed by atoms with Gasteiger partial charge in [-0.05, 0) is 100 Å². The molecule has 0 aromatic heterocycles. The molecule has 9 fully saturated rings. The van der Waals surface area contributed by atoms with Crippen LogP contribution in [0.1, 0.15) is 120 Å². The van der Waals surface area contributed by atoms with Gasteiger partial charge in [0.15, 0.2) is 24.7 Å². The van der Waals surface area contributed by atoms with Gasteiger partial charge in [-0.15, -0.1) is 0 Å². The number of carbonyl (C=O) groups excluding carboxylic acids is 1. The molecule has 5 heterocycles. The van der Waals surface area contributed by atoms with E-state index in [4.69, 9.17) is 47.7 Å². The first-order chi connectivity index (χ1) is 34.0. The molecule has 0 aromatic rings.